The van der Waals surface area contributed by atoms with Gasteiger partial charge in [-0.3, -0.25) is 15.0 Å². The van der Waals surface area contributed by atoms with E-state index in [1.807, 2.05) is 36.4 Å². The molecule has 0 atom stereocenters. The molecule has 31 heavy (non-hydrogen) atoms. The van der Waals surface area contributed by atoms with Crippen LogP contribution in [-0.2, 0) is 0 Å². The van der Waals surface area contributed by atoms with Gasteiger partial charge in [0.05, 0.1) is 11.2 Å². The van der Waals surface area contributed by atoms with Crippen LogP contribution in [0, 0.1) is 5.82 Å². The maximum atomic E-state index is 12.2. The molecule has 154 valence electrons. The number of nitrogens with one attached hydrogen (secondary N) is 3. The molecule has 5 aromatic rings. The third-order valence-corrected chi connectivity index (χ3v) is 4.68. The first-order valence-electron chi connectivity index (χ1n) is 9.50. The summed E-state index contributed by atoms with van der Waals surface area (Å²) >= 11 is 0. The van der Waals surface area contributed by atoms with Gasteiger partial charge in [0.1, 0.15) is 18.4 Å². The van der Waals surface area contributed by atoms with Gasteiger partial charge in [0.15, 0.2) is 5.82 Å². The average Bonchev–Trinajstić information content (AvgIpc) is 3.50. The maximum absolute atomic E-state index is 12.2. The summed E-state index contributed by atoms with van der Waals surface area (Å²) < 4.78 is 12.2. The van der Waals surface area contributed by atoms with E-state index >= 15 is 0 Å². The molecule has 2 heterocycles. The molecule has 2 aromatic heterocycles. The Bertz CT molecular complexity index is 1300. The number of rotatable bonds is 4. The Morgan fingerprint density at radius 1 is 0.968 bits per heavy atom. The van der Waals surface area contributed by atoms with E-state index < -0.39 is 0 Å². The van der Waals surface area contributed by atoms with E-state index in [4.69, 9.17) is 0 Å². The van der Waals surface area contributed by atoms with Gasteiger partial charge in [-0.25, -0.2) is 9.37 Å². The highest BCUT2D eigenvalue weighted by Crippen LogP contribution is 2.29. The molecule has 0 fully saturated rings. The first-order valence-corrected chi connectivity index (χ1v) is 9.50. The topological polar surface area (TPSA) is 99.3 Å². The number of hydrogen-bond acceptors (Lipinski definition) is 5. The number of halogens is 1. The van der Waals surface area contributed by atoms with E-state index in [2.05, 4.69) is 30.7 Å². The van der Waals surface area contributed by atoms with Crippen molar-refractivity contribution in [3.63, 3.8) is 0 Å². The molecular weight excluding hydrogens is 395 g/mol. The van der Waals surface area contributed by atoms with Gasteiger partial charge in [-0.05, 0) is 48.5 Å². The number of carbonyl (C=O) groups is 1. The van der Waals surface area contributed by atoms with Gasteiger partial charge in [0.2, 0.25) is 0 Å². The number of aromatic nitrogens is 5. The van der Waals surface area contributed by atoms with Crippen LogP contribution in [0.1, 0.15) is 10.4 Å². The number of H-pyrrole nitrogens is 2. The van der Waals surface area contributed by atoms with Crippen molar-refractivity contribution < 1.29 is 9.18 Å². The molecule has 3 N–H and O–H groups in total. The highest BCUT2D eigenvalue weighted by atomic mass is 19.1. The van der Waals surface area contributed by atoms with E-state index in [9.17, 15) is 9.18 Å². The first kappa shape index (κ1) is 20.0. The minimum Gasteiger partial charge on any atom is -0.388 e. The summed E-state index contributed by atoms with van der Waals surface area (Å²) in [6.07, 6.45) is 2.31. The maximum Gasteiger partial charge on any atom is 0.155 e. The van der Waals surface area contributed by atoms with Crippen LogP contribution in [0.2, 0.25) is 0 Å². The van der Waals surface area contributed by atoms with E-state index in [-0.39, 0.29) is 5.82 Å². The van der Waals surface area contributed by atoms with Crippen LogP contribution in [0.4, 0.5) is 10.1 Å². The van der Waals surface area contributed by atoms with Crippen molar-refractivity contribution in [3.05, 3.63) is 84.4 Å². The minimum atomic E-state index is -0.200. The van der Waals surface area contributed by atoms with E-state index in [1.165, 1.54) is 18.5 Å². The summed E-state index contributed by atoms with van der Waals surface area (Å²) in [5.41, 5.74) is 5.11. The van der Waals surface area contributed by atoms with Crippen molar-refractivity contribution in [2.45, 2.75) is 0 Å². The lowest BCUT2D eigenvalue weighted by molar-refractivity contribution is 0.112. The standard InChI is InChI=1S/C16H11N5O.C7H8FN/c22-8-10-2-1-3-11(6-10)15-13-7-12(16-17-9-18-21-16)4-5-14(13)19-20-15;1-9-7-4-2-6(8)3-5-7/h1-9H,(H,19,20)(H,17,18,21);2-5,9H,1H3. The molecule has 8 heteroatoms. The second-order valence-electron chi connectivity index (χ2n) is 6.67. The fourth-order valence-corrected chi connectivity index (χ4v) is 3.10. The van der Waals surface area contributed by atoms with E-state index in [0.717, 1.165) is 39.7 Å². The smallest absolute Gasteiger partial charge is 0.155 e. The third-order valence-electron chi connectivity index (χ3n) is 4.68. The zero-order valence-electron chi connectivity index (χ0n) is 16.6. The van der Waals surface area contributed by atoms with Gasteiger partial charge in [-0.1, -0.05) is 18.2 Å². The summed E-state index contributed by atoms with van der Waals surface area (Å²) in [6, 6.07) is 19.5. The fourth-order valence-electron chi connectivity index (χ4n) is 3.10. The number of nitrogens with zero attached hydrogens (tertiary/aromatic N) is 3. The molecule has 0 unspecified atom stereocenters. The number of benzene rings is 3. The Balaban J connectivity index is 0.000000217. The molecule has 0 saturated heterocycles. The Labute approximate surface area is 177 Å². The number of anilines is 1. The summed E-state index contributed by atoms with van der Waals surface area (Å²) in [4.78, 5) is 15.1. The van der Waals surface area contributed by atoms with Gasteiger partial charge in [-0.2, -0.15) is 10.2 Å². The normalized spacial score (nSPS) is 10.4. The predicted octanol–water partition coefficient (Wildman–Crippen LogP) is 4.69. The molecule has 3 aromatic carbocycles. The number of fused-ring (bicyclic) bond motifs is 1. The number of carbonyl (C=O) groups excluding carboxylic acids is 1. The van der Waals surface area contributed by atoms with Crippen LogP contribution in [0.15, 0.2) is 73.1 Å². The molecule has 0 bridgehead atoms. The molecule has 7 nitrogen and oxygen atoms in total. The fraction of sp³-hybridized carbons (Fsp3) is 0.0435. The van der Waals surface area contributed by atoms with Crippen LogP contribution in [0.3, 0.4) is 0 Å². The number of aromatic amines is 2. The molecule has 0 aliphatic heterocycles. The molecule has 0 spiro atoms. The summed E-state index contributed by atoms with van der Waals surface area (Å²) in [6.45, 7) is 0. The van der Waals surface area contributed by atoms with Crippen molar-refractivity contribution in [1.29, 1.82) is 0 Å². The Morgan fingerprint density at radius 3 is 2.52 bits per heavy atom. The van der Waals surface area contributed by atoms with Gasteiger partial charge >= 0.3 is 0 Å². The minimum absolute atomic E-state index is 0.200. The molecule has 0 aliphatic rings. The van der Waals surface area contributed by atoms with Gasteiger partial charge in [-0.15, -0.1) is 0 Å². The molecule has 0 aliphatic carbocycles. The zero-order chi connectivity index (χ0) is 21.6. The number of aldehydes is 1. The van der Waals surface area contributed by atoms with Gasteiger partial charge < -0.3 is 5.32 Å². The van der Waals surface area contributed by atoms with Crippen molar-refractivity contribution in [1.82, 2.24) is 25.4 Å². The lowest BCUT2D eigenvalue weighted by atomic mass is 10.0. The van der Waals surface area contributed by atoms with Crippen LogP contribution in [0.25, 0.3) is 33.5 Å². The van der Waals surface area contributed by atoms with Crippen molar-refractivity contribution in [2.75, 3.05) is 12.4 Å². The second-order valence-corrected chi connectivity index (χ2v) is 6.67. The lowest BCUT2D eigenvalue weighted by Crippen LogP contribution is -1.86. The first-order chi connectivity index (χ1) is 15.2. The monoisotopic (exact) mass is 414 g/mol. The Hall–Kier alpha value is -4.33. The molecular formula is C23H19FN6O. The zero-order valence-corrected chi connectivity index (χ0v) is 16.6. The van der Waals surface area contributed by atoms with E-state index in [1.54, 1.807) is 25.2 Å². The van der Waals surface area contributed by atoms with Crippen molar-refractivity contribution >= 4 is 22.9 Å². The third kappa shape index (κ3) is 4.48. The number of hydrogen-bond donors (Lipinski definition) is 3. The van der Waals surface area contributed by atoms with Crippen LogP contribution < -0.4 is 5.32 Å². The summed E-state index contributed by atoms with van der Waals surface area (Å²) in [7, 11) is 1.80. The second kappa shape index (κ2) is 9.00. The molecule has 0 saturated carbocycles. The molecule has 0 amide bonds. The average molecular weight is 414 g/mol. The van der Waals surface area contributed by atoms with Crippen LogP contribution in [0.5, 0.6) is 0 Å². The molecule has 5 rings (SSSR count). The lowest BCUT2D eigenvalue weighted by Gasteiger charge is -2.01. The van der Waals surface area contributed by atoms with Crippen molar-refractivity contribution in [3.8, 4) is 22.6 Å². The summed E-state index contributed by atoms with van der Waals surface area (Å²) in [5, 5.41) is 18.0. The van der Waals surface area contributed by atoms with E-state index in [0.29, 0.717) is 11.4 Å². The quantitative estimate of drug-likeness (QED) is 0.370. The predicted molar refractivity (Wildman–Crippen MR) is 118 cm³/mol. The summed E-state index contributed by atoms with van der Waals surface area (Å²) in [5.74, 6) is 0.504. The largest absolute Gasteiger partial charge is 0.388 e. The van der Waals surface area contributed by atoms with Crippen LogP contribution in [-0.4, -0.2) is 38.7 Å². The SMILES string of the molecule is CNc1ccc(F)cc1.O=Cc1cccc(-c2n[nH]c3ccc(-c4ncn[nH]4)cc23)c1. The highest BCUT2D eigenvalue weighted by molar-refractivity contribution is 5.96. The van der Waals surface area contributed by atoms with Crippen molar-refractivity contribution in [2.24, 2.45) is 0 Å². The van der Waals surface area contributed by atoms with Crippen LogP contribution >= 0.6 is 0 Å². The highest BCUT2D eigenvalue weighted by Gasteiger charge is 2.11. The van der Waals surface area contributed by atoms with Gasteiger partial charge in [0.25, 0.3) is 0 Å². The Morgan fingerprint density at radius 2 is 1.81 bits per heavy atom. The Kier molecular flexibility index (Phi) is 5.79. The molecule has 0 radical (unpaired) electrons. The van der Waals surface area contributed by atoms with Gasteiger partial charge in [0, 0.05) is 34.8 Å².